The summed E-state index contributed by atoms with van der Waals surface area (Å²) in [5, 5.41) is 2.41. The molecule has 1 saturated heterocycles. The third kappa shape index (κ3) is 3.96. The van der Waals surface area contributed by atoms with E-state index >= 15 is 0 Å². The van der Waals surface area contributed by atoms with Crippen molar-refractivity contribution in [2.75, 3.05) is 29.9 Å². The number of ether oxygens (including phenoxy) is 1. The predicted molar refractivity (Wildman–Crippen MR) is 70.9 cm³/mol. The largest absolute Gasteiger partial charge is 0.433 e. The lowest BCUT2D eigenvalue weighted by molar-refractivity contribution is -0.0494. The van der Waals surface area contributed by atoms with Gasteiger partial charge in [0.1, 0.15) is 11.6 Å². The van der Waals surface area contributed by atoms with Crippen LogP contribution in [0.1, 0.15) is 0 Å². The third-order valence-electron chi connectivity index (χ3n) is 2.70. The third-order valence-corrected chi connectivity index (χ3v) is 3.64. The minimum absolute atomic E-state index is 0.103. The molecule has 1 aliphatic heterocycles. The first-order chi connectivity index (χ1) is 9.56. The Morgan fingerprint density at radius 3 is 2.70 bits per heavy atom. The molecular weight excluding hydrogens is 293 g/mol. The van der Waals surface area contributed by atoms with E-state index in [0.717, 1.165) is 29.7 Å². The molecule has 1 aliphatic rings. The number of benzene rings is 1. The fourth-order valence-electron chi connectivity index (χ4n) is 1.76. The Bertz CT molecular complexity index is 482. The highest BCUT2D eigenvalue weighted by Crippen LogP contribution is 2.27. The summed E-state index contributed by atoms with van der Waals surface area (Å²) in [5.41, 5.74) is -0.103. The maximum absolute atomic E-state index is 13.2. The summed E-state index contributed by atoms with van der Waals surface area (Å²) < 4.78 is 41.9. The highest BCUT2D eigenvalue weighted by Gasteiger charge is 2.19. The minimum Gasteiger partial charge on any atom is -0.433 e. The van der Waals surface area contributed by atoms with Crippen LogP contribution in [-0.4, -0.2) is 42.1 Å². The molecule has 1 aromatic carbocycles. The van der Waals surface area contributed by atoms with Crippen LogP contribution in [0, 0.1) is 5.82 Å². The second kappa shape index (κ2) is 6.74. The summed E-state index contributed by atoms with van der Waals surface area (Å²) in [7, 11) is 0. The van der Waals surface area contributed by atoms with Crippen LogP contribution < -0.4 is 10.1 Å². The number of carbonyl (C=O) groups excluding carboxylic acids is 1. The van der Waals surface area contributed by atoms with Gasteiger partial charge in [0.15, 0.2) is 0 Å². The van der Waals surface area contributed by atoms with Gasteiger partial charge < -0.3 is 15.0 Å². The topological polar surface area (TPSA) is 41.6 Å². The zero-order chi connectivity index (χ0) is 14.5. The van der Waals surface area contributed by atoms with E-state index in [-0.39, 0.29) is 11.4 Å². The van der Waals surface area contributed by atoms with Crippen molar-refractivity contribution < 1.29 is 22.7 Å². The molecule has 0 bridgehead atoms. The van der Waals surface area contributed by atoms with Gasteiger partial charge in [0, 0.05) is 30.7 Å². The van der Waals surface area contributed by atoms with Crippen molar-refractivity contribution in [2.45, 2.75) is 6.61 Å². The van der Waals surface area contributed by atoms with Crippen molar-refractivity contribution in [3.05, 3.63) is 24.0 Å². The van der Waals surface area contributed by atoms with Gasteiger partial charge in [-0.25, -0.2) is 9.18 Å². The molecule has 0 spiro atoms. The van der Waals surface area contributed by atoms with Crippen molar-refractivity contribution in [1.82, 2.24) is 4.90 Å². The summed E-state index contributed by atoms with van der Waals surface area (Å²) >= 11 is 1.73. The molecule has 1 fully saturated rings. The zero-order valence-electron chi connectivity index (χ0n) is 10.4. The van der Waals surface area contributed by atoms with E-state index in [1.165, 1.54) is 0 Å². The second-order valence-corrected chi connectivity index (χ2v) is 5.27. The van der Waals surface area contributed by atoms with Crippen LogP contribution in [0.3, 0.4) is 0 Å². The fourth-order valence-corrected chi connectivity index (χ4v) is 2.66. The van der Waals surface area contributed by atoms with Crippen molar-refractivity contribution in [2.24, 2.45) is 0 Å². The van der Waals surface area contributed by atoms with E-state index in [0.29, 0.717) is 13.1 Å². The second-order valence-electron chi connectivity index (χ2n) is 4.05. The summed E-state index contributed by atoms with van der Waals surface area (Å²) in [4.78, 5) is 13.5. The number of anilines is 1. The molecule has 20 heavy (non-hydrogen) atoms. The summed E-state index contributed by atoms with van der Waals surface area (Å²) in [6.07, 6.45) is 0. The molecule has 110 valence electrons. The molecule has 0 atom stereocenters. The van der Waals surface area contributed by atoms with Gasteiger partial charge in [0.05, 0.1) is 5.69 Å². The standard InChI is InChI=1S/C12H13F3N2O2S/c13-8-1-2-10(19-11(14)15)9(7-8)16-12(18)17-3-5-20-6-4-17/h1-2,7,11H,3-6H2,(H,16,18). The molecule has 2 rings (SSSR count). The molecule has 1 heterocycles. The van der Waals surface area contributed by atoms with Gasteiger partial charge in [-0.05, 0) is 12.1 Å². The first-order valence-corrected chi connectivity index (χ1v) is 7.10. The van der Waals surface area contributed by atoms with Crippen molar-refractivity contribution >= 4 is 23.5 Å². The van der Waals surface area contributed by atoms with Gasteiger partial charge >= 0.3 is 12.6 Å². The van der Waals surface area contributed by atoms with Gasteiger partial charge in [-0.1, -0.05) is 0 Å². The average Bonchev–Trinajstić information content (AvgIpc) is 2.42. The van der Waals surface area contributed by atoms with Crippen LogP contribution in [0.25, 0.3) is 0 Å². The number of hydrogen-bond donors (Lipinski definition) is 1. The molecular formula is C12H13F3N2O2S. The molecule has 0 aromatic heterocycles. The first-order valence-electron chi connectivity index (χ1n) is 5.94. The molecule has 0 saturated carbocycles. The van der Waals surface area contributed by atoms with Gasteiger partial charge in [-0.2, -0.15) is 20.5 Å². The van der Waals surface area contributed by atoms with E-state index in [9.17, 15) is 18.0 Å². The van der Waals surface area contributed by atoms with E-state index in [2.05, 4.69) is 10.1 Å². The molecule has 8 heteroatoms. The van der Waals surface area contributed by atoms with Crippen molar-refractivity contribution in [1.29, 1.82) is 0 Å². The molecule has 1 N–H and O–H groups in total. The fraction of sp³-hybridized carbons (Fsp3) is 0.417. The van der Waals surface area contributed by atoms with E-state index in [1.54, 1.807) is 16.7 Å². The number of nitrogens with one attached hydrogen (secondary N) is 1. The molecule has 1 aromatic rings. The monoisotopic (exact) mass is 306 g/mol. The van der Waals surface area contributed by atoms with Gasteiger partial charge in [-0.3, -0.25) is 0 Å². The van der Waals surface area contributed by atoms with E-state index in [4.69, 9.17) is 0 Å². The average molecular weight is 306 g/mol. The normalized spacial score (nSPS) is 15.3. The van der Waals surface area contributed by atoms with Crippen LogP contribution in [0.15, 0.2) is 18.2 Å². The number of nitrogens with zero attached hydrogens (tertiary/aromatic N) is 1. The lowest BCUT2D eigenvalue weighted by Gasteiger charge is -2.26. The van der Waals surface area contributed by atoms with Crippen molar-refractivity contribution in [3.63, 3.8) is 0 Å². The predicted octanol–water partition coefficient (Wildman–Crippen LogP) is 3.01. The number of halogens is 3. The quantitative estimate of drug-likeness (QED) is 0.933. The minimum atomic E-state index is -3.04. The lowest BCUT2D eigenvalue weighted by atomic mass is 10.3. The Morgan fingerprint density at radius 2 is 2.05 bits per heavy atom. The van der Waals surface area contributed by atoms with Crippen LogP contribution >= 0.6 is 11.8 Å². The highest BCUT2D eigenvalue weighted by molar-refractivity contribution is 7.99. The maximum atomic E-state index is 13.2. The van der Waals surface area contributed by atoms with Gasteiger partial charge in [0.25, 0.3) is 0 Å². The Labute approximate surface area is 118 Å². The van der Waals surface area contributed by atoms with E-state index < -0.39 is 18.5 Å². The number of hydrogen-bond acceptors (Lipinski definition) is 3. The van der Waals surface area contributed by atoms with Crippen LogP contribution in [0.4, 0.5) is 23.7 Å². The summed E-state index contributed by atoms with van der Waals surface area (Å²) in [6.45, 7) is -1.91. The smallest absolute Gasteiger partial charge is 0.387 e. The number of urea groups is 1. The number of rotatable bonds is 3. The lowest BCUT2D eigenvalue weighted by Crippen LogP contribution is -2.40. The number of thioether (sulfide) groups is 1. The SMILES string of the molecule is O=C(Nc1cc(F)ccc1OC(F)F)N1CCSCC1. The molecule has 0 radical (unpaired) electrons. The Hall–Kier alpha value is -1.57. The molecule has 0 aliphatic carbocycles. The summed E-state index contributed by atoms with van der Waals surface area (Å²) in [6, 6.07) is 2.55. The van der Waals surface area contributed by atoms with Crippen LogP contribution in [-0.2, 0) is 0 Å². The first kappa shape index (κ1) is 14.8. The molecule has 2 amide bonds. The van der Waals surface area contributed by atoms with Crippen LogP contribution in [0.2, 0.25) is 0 Å². The zero-order valence-corrected chi connectivity index (χ0v) is 11.3. The van der Waals surface area contributed by atoms with E-state index in [1.807, 2.05) is 0 Å². The molecule has 0 unspecified atom stereocenters. The Morgan fingerprint density at radius 1 is 1.35 bits per heavy atom. The van der Waals surface area contributed by atoms with Crippen LogP contribution in [0.5, 0.6) is 5.75 Å². The number of amides is 2. The molecule has 4 nitrogen and oxygen atoms in total. The summed E-state index contributed by atoms with van der Waals surface area (Å²) in [5.74, 6) is 0.728. The number of carbonyl (C=O) groups is 1. The van der Waals surface area contributed by atoms with Gasteiger partial charge in [-0.15, -0.1) is 0 Å². The van der Waals surface area contributed by atoms with Gasteiger partial charge in [0.2, 0.25) is 0 Å². The Kier molecular flexibility index (Phi) is 4.99. The highest BCUT2D eigenvalue weighted by atomic mass is 32.2. The maximum Gasteiger partial charge on any atom is 0.387 e. The Balaban J connectivity index is 2.10. The van der Waals surface area contributed by atoms with Crippen molar-refractivity contribution in [3.8, 4) is 5.75 Å². The number of alkyl halides is 2.